The zero-order chi connectivity index (χ0) is 13.1. The standard InChI is InChI=1S/C15H21N3O/c16-13-6-2-1-3-7-14(13)19-11-12-10-18-9-5-4-8-15(18)17-12/h4-5,8-10,13-14H,1-3,6-7,11,16H2. The molecule has 1 aliphatic carbocycles. The molecule has 0 bridgehead atoms. The molecule has 1 saturated carbocycles. The number of nitrogens with two attached hydrogens (primary N) is 1. The van der Waals surface area contributed by atoms with Crippen LogP contribution in [0.2, 0.25) is 0 Å². The van der Waals surface area contributed by atoms with Crippen molar-refractivity contribution in [3.05, 3.63) is 36.3 Å². The molecule has 2 N–H and O–H groups in total. The number of nitrogens with zero attached hydrogens (tertiary/aromatic N) is 2. The van der Waals surface area contributed by atoms with Crippen LogP contribution >= 0.6 is 0 Å². The SMILES string of the molecule is NC1CCCCCC1OCc1cn2ccccc2n1. The van der Waals surface area contributed by atoms with Crippen molar-refractivity contribution < 1.29 is 4.74 Å². The Balaban J connectivity index is 1.64. The molecule has 4 heteroatoms. The molecular formula is C15H21N3O. The minimum Gasteiger partial charge on any atom is -0.370 e. The van der Waals surface area contributed by atoms with Gasteiger partial charge in [0.25, 0.3) is 0 Å². The first-order valence-electron chi connectivity index (χ1n) is 7.13. The van der Waals surface area contributed by atoms with Gasteiger partial charge in [-0.1, -0.05) is 25.3 Å². The normalized spacial score (nSPS) is 24.5. The van der Waals surface area contributed by atoms with Crippen molar-refractivity contribution in [3.8, 4) is 0 Å². The molecular weight excluding hydrogens is 238 g/mol. The number of imidazole rings is 1. The molecule has 4 nitrogen and oxygen atoms in total. The molecule has 2 aromatic heterocycles. The summed E-state index contributed by atoms with van der Waals surface area (Å²) in [6.45, 7) is 0.556. The van der Waals surface area contributed by atoms with Crippen LogP contribution in [0.3, 0.4) is 0 Å². The Morgan fingerprint density at radius 2 is 2.16 bits per heavy atom. The van der Waals surface area contributed by atoms with E-state index < -0.39 is 0 Å². The molecule has 3 rings (SSSR count). The Morgan fingerprint density at radius 1 is 1.26 bits per heavy atom. The monoisotopic (exact) mass is 259 g/mol. The van der Waals surface area contributed by atoms with Crippen molar-refractivity contribution in [2.24, 2.45) is 5.73 Å². The topological polar surface area (TPSA) is 52.5 Å². The van der Waals surface area contributed by atoms with Gasteiger partial charge in [0.05, 0.1) is 18.4 Å². The summed E-state index contributed by atoms with van der Waals surface area (Å²) in [6, 6.07) is 6.18. The van der Waals surface area contributed by atoms with Crippen molar-refractivity contribution in [1.82, 2.24) is 9.38 Å². The van der Waals surface area contributed by atoms with Crippen molar-refractivity contribution >= 4 is 5.65 Å². The molecule has 102 valence electrons. The summed E-state index contributed by atoms with van der Waals surface area (Å²) in [7, 11) is 0. The Bertz CT molecular complexity index is 504. The van der Waals surface area contributed by atoms with Gasteiger partial charge in [-0.3, -0.25) is 0 Å². The second-order valence-corrected chi connectivity index (χ2v) is 5.35. The van der Waals surface area contributed by atoms with E-state index in [1.54, 1.807) is 0 Å². The average Bonchev–Trinajstić information content (AvgIpc) is 2.73. The predicted molar refractivity (Wildman–Crippen MR) is 74.8 cm³/mol. The second-order valence-electron chi connectivity index (χ2n) is 5.35. The lowest BCUT2D eigenvalue weighted by atomic mass is 10.1. The maximum atomic E-state index is 6.17. The number of pyridine rings is 1. The van der Waals surface area contributed by atoms with E-state index >= 15 is 0 Å². The quantitative estimate of drug-likeness (QED) is 0.862. The Morgan fingerprint density at radius 3 is 3.05 bits per heavy atom. The van der Waals surface area contributed by atoms with Gasteiger partial charge in [-0.15, -0.1) is 0 Å². The molecule has 0 aliphatic heterocycles. The van der Waals surface area contributed by atoms with Crippen LogP contribution in [0.5, 0.6) is 0 Å². The van der Waals surface area contributed by atoms with Gasteiger partial charge < -0.3 is 14.9 Å². The van der Waals surface area contributed by atoms with E-state index in [0.717, 1.165) is 24.2 Å². The summed E-state index contributed by atoms with van der Waals surface area (Å²) in [6.07, 6.45) is 10.1. The number of aromatic nitrogens is 2. The van der Waals surface area contributed by atoms with E-state index in [1.165, 1.54) is 19.3 Å². The Kier molecular flexibility index (Phi) is 3.80. The van der Waals surface area contributed by atoms with Crippen molar-refractivity contribution in [2.75, 3.05) is 0 Å². The summed E-state index contributed by atoms with van der Waals surface area (Å²) < 4.78 is 8.01. The van der Waals surface area contributed by atoms with Crippen molar-refractivity contribution in [2.45, 2.75) is 50.9 Å². The van der Waals surface area contributed by atoms with E-state index in [9.17, 15) is 0 Å². The molecule has 19 heavy (non-hydrogen) atoms. The van der Waals surface area contributed by atoms with E-state index in [-0.39, 0.29) is 12.1 Å². The summed E-state index contributed by atoms with van der Waals surface area (Å²) in [5, 5.41) is 0. The highest BCUT2D eigenvalue weighted by atomic mass is 16.5. The molecule has 0 spiro atoms. The van der Waals surface area contributed by atoms with Crippen LogP contribution in [0.15, 0.2) is 30.6 Å². The summed E-state index contributed by atoms with van der Waals surface area (Å²) >= 11 is 0. The number of fused-ring (bicyclic) bond motifs is 1. The lowest BCUT2D eigenvalue weighted by Gasteiger charge is -2.21. The van der Waals surface area contributed by atoms with Crippen LogP contribution in [-0.4, -0.2) is 21.5 Å². The minimum atomic E-state index is 0.180. The zero-order valence-corrected chi connectivity index (χ0v) is 11.2. The zero-order valence-electron chi connectivity index (χ0n) is 11.2. The largest absolute Gasteiger partial charge is 0.370 e. The third-order valence-corrected chi connectivity index (χ3v) is 3.86. The van der Waals surface area contributed by atoms with Gasteiger partial charge in [0, 0.05) is 18.4 Å². The Labute approximate surface area is 113 Å². The van der Waals surface area contributed by atoms with Gasteiger partial charge >= 0.3 is 0 Å². The van der Waals surface area contributed by atoms with Gasteiger partial charge in [-0.2, -0.15) is 0 Å². The smallest absolute Gasteiger partial charge is 0.137 e. The minimum absolute atomic E-state index is 0.180. The molecule has 0 saturated heterocycles. The van der Waals surface area contributed by atoms with E-state index in [0.29, 0.717) is 6.61 Å². The highest BCUT2D eigenvalue weighted by Gasteiger charge is 2.21. The van der Waals surface area contributed by atoms with Crippen LogP contribution in [0.4, 0.5) is 0 Å². The predicted octanol–water partition coefficient (Wildman–Crippen LogP) is 2.51. The number of rotatable bonds is 3. The van der Waals surface area contributed by atoms with Crippen LogP contribution in [0.25, 0.3) is 5.65 Å². The maximum Gasteiger partial charge on any atom is 0.137 e. The van der Waals surface area contributed by atoms with Gasteiger partial charge in [0.2, 0.25) is 0 Å². The average molecular weight is 259 g/mol. The summed E-state index contributed by atoms with van der Waals surface area (Å²) in [5.74, 6) is 0. The molecule has 0 amide bonds. The maximum absolute atomic E-state index is 6.17. The molecule has 2 unspecified atom stereocenters. The molecule has 0 radical (unpaired) electrons. The molecule has 0 aromatic carbocycles. The number of ether oxygens (including phenoxy) is 1. The van der Waals surface area contributed by atoms with Crippen molar-refractivity contribution in [3.63, 3.8) is 0 Å². The summed E-state index contributed by atoms with van der Waals surface area (Å²) in [5.41, 5.74) is 8.11. The van der Waals surface area contributed by atoms with Gasteiger partial charge in [-0.25, -0.2) is 4.98 Å². The van der Waals surface area contributed by atoms with E-state index in [2.05, 4.69) is 4.98 Å². The van der Waals surface area contributed by atoms with Crippen LogP contribution in [0, 0.1) is 0 Å². The number of hydrogen-bond donors (Lipinski definition) is 1. The van der Waals surface area contributed by atoms with E-state index in [4.69, 9.17) is 10.5 Å². The molecule has 1 fully saturated rings. The van der Waals surface area contributed by atoms with Crippen LogP contribution in [0.1, 0.15) is 37.8 Å². The summed E-state index contributed by atoms with van der Waals surface area (Å²) in [4.78, 5) is 4.54. The third kappa shape index (κ3) is 2.96. The fourth-order valence-electron chi connectivity index (χ4n) is 2.76. The molecule has 2 aromatic rings. The third-order valence-electron chi connectivity index (χ3n) is 3.86. The fraction of sp³-hybridized carbons (Fsp3) is 0.533. The van der Waals surface area contributed by atoms with E-state index in [1.807, 2.05) is 35.0 Å². The van der Waals surface area contributed by atoms with Crippen molar-refractivity contribution in [1.29, 1.82) is 0 Å². The van der Waals surface area contributed by atoms with Crippen LogP contribution in [-0.2, 0) is 11.3 Å². The Hall–Kier alpha value is -1.39. The molecule has 1 aliphatic rings. The van der Waals surface area contributed by atoms with Gasteiger partial charge in [0.15, 0.2) is 0 Å². The molecule has 2 atom stereocenters. The fourth-order valence-corrected chi connectivity index (χ4v) is 2.76. The number of hydrogen-bond acceptors (Lipinski definition) is 3. The first-order valence-corrected chi connectivity index (χ1v) is 7.13. The lowest BCUT2D eigenvalue weighted by Crippen LogP contribution is -2.35. The van der Waals surface area contributed by atoms with Gasteiger partial charge in [-0.05, 0) is 25.0 Å². The second kappa shape index (κ2) is 5.72. The first kappa shape index (κ1) is 12.6. The van der Waals surface area contributed by atoms with Crippen LogP contribution < -0.4 is 5.73 Å². The molecule has 2 heterocycles. The highest BCUT2D eigenvalue weighted by molar-refractivity contribution is 5.39. The highest BCUT2D eigenvalue weighted by Crippen LogP contribution is 2.20. The lowest BCUT2D eigenvalue weighted by molar-refractivity contribution is 0.0180. The first-order chi connectivity index (χ1) is 9.33. The van der Waals surface area contributed by atoms with Gasteiger partial charge in [0.1, 0.15) is 5.65 Å².